The highest BCUT2D eigenvalue weighted by atomic mass is 32.1. The van der Waals surface area contributed by atoms with Crippen LogP contribution in [-0.2, 0) is 0 Å². The monoisotopic (exact) mass is 667 g/mol. The maximum Gasteiger partial charge on any atom is 0.159 e. The Morgan fingerprint density at radius 3 is 1.78 bits per heavy atom. The van der Waals surface area contributed by atoms with Gasteiger partial charge in [-0.1, -0.05) is 127 Å². The molecule has 11 aromatic rings. The third kappa shape index (κ3) is 4.35. The molecule has 2 nitrogen and oxygen atoms in total. The summed E-state index contributed by atoms with van der Waals surface area (Å²) in [5.74, 6) is 0. The van der Waals surface area contributed by atoms with Crippen LogP contribution < -0.4 is 4.90 Å². The lowest BCUT2D eigenvalue weighted by Gasteiger charge is -2.26. The predicted molar refractivity (Wildman–Crippen MR) is 219 cm³/mol. The van der Waals surface area contributed by atoms with Gasteiger partial charge in [-0.2, -0.15) is 0 Å². The molecular weight excluding hydrogens is 639 g/mol. The molecule has 9 aromatic carbocycles. The second kappa shape index (κ2) is 11.0. The van der Waals surface area contributed by atoms with Crippen LogP contribution >= 0.6 is 11.3 Å². The summed E-state index contributed by atoms with van der Waals surface area (Å²) in [6.07, 6.45) is 0. The molecule has 0 aliphatic heterocycles. The molecule has 0 amide bonds. The SMILES string of the molecule is c1ccc(-c2ccc(N(c3ccc4sc5cc6ccccc6cc5c4c3)c3cccc4c3oc3c5ccccc5c5ccccc5c43)cc2)cc1. The number of benzene rings is 9. The van der Waals surface area contributed by atoms with E-state index in [1.54, 1.807) is 0 Å². The minimum Gasteiger partial charge on any atom is -0.453 e. The highest BCUT2D eigenvalue weighted by Crippen LogP contribution is 2.47. The van der Waals surface area contributed by atoms with Gasteiger partial charge in [0.05, 0.1) is 5.69 Å². The summed E-state index contributed by atoms with van der Waals surface area (Å²) in [5.41, 5.74) is 7.36. The molecule has 0 radical (unpaired) electrons. The highest BCUT2D eigenvalue weighted by molar-refractivity contribution is 7.25. The molecule has 0 fully saturated rings. The summed E-state index contributed by atoms with van der Waals surface area (Å²) in [7, 11) is 0. The van der Waals surface area contributed by atoms with Crippen molar-refractivity contribution in [2.45, 2.75) is 0 Å². The third-order valence-corrected chi connectivity index (χ3v) is 11.5. The minimum absolute atomic E-state index is 0.877. The first kappa shape index (κ1) is 28.4. The van der Waals surface area contributed by atoms with Crippen LogP contribution in [-0.4, -0.2) is 0 Å². The fourth-order valence-corrected chi connectivity index (χ4v) is 9.16. The van der Waals surface area contributed by atoms with Crippen LogP contribution in [0.4, 0.5) is 17.1 Å². The maximum atomic E-state index is 7.07. The average molecular weight is 668 g/mol. The normalized spacial score (nSPS) is 11.9. The molecule has 2 heterocycles. The standard InChI is InChI=1S/C48H29NOS/c1-2-11-30(12-3-1)31-21-23-34(24-22-31)49(35-25-26-44-42(29-35)41-27-32-13-4-5-14-33(32)28-45(41)51-44)43-20-10-19-40-46-38-17-8-6-15-36(38)37-16-7-9-18-39(37)48(46)50-47(40)43/h1-29H. The van der Waals surface area contributed by atoms with Gasteiger partial charge in [-0.05, 0) is 86.6 Å². The smallest absolute Gasteiger partial charge is 0.159 e. The molecule has 0 saturated carbocycles. The van der Waals surface area contributed by atoms with E-state index in [4.69, 9.17) is 4.42 Å². The lowest BCUT2D eigenvalue weighted by Crippen LogP contribution is -2.10. The second-order valence-corrected chi connectivity index (χ2v) is 14.4. The number of thiophene rings is 1. The Morgan fingerprint density at radius 1 is 0.373 bits per heavy atom. The minimum atomic E-state index is 0.877. The van der Waals surface area contributed by atoms with Crippen molar-refractivity contribution < 1.29 is 4.42 Å². The van der Waals surface area contributed by atoms with E-state index in [1.807, 2.05) is 11.3 Å². The molecule has 11 rings (SSSR count). The number of nitrogens with zero attached hydrogens (tertiary/aromatic N) is 1. The van der Waals surface area contributed by atoms with Crippen LogP contribution in [0.3, 0.4) is 0 Å². The van der Waals surface area contributed by atoms with Gasteiger partial charge in [-0.25, -0.2) is 0 Å². The third-order valence-electron chi connectivity index (χ3n) is 10.4. The topological polar surface area (TPSA) is 16.4 Å². The van der Waals surface area contributed by atoms with Crippen molar-refractivity contribution in [2.24, 2.45) is 0 Å². The first-order valence-corrected chi connectivity index (χ1v) is 18.2. The Labute approximate surface area is 298 Å². The predicted octanol–water partition coefficient (Wildman–Crippen LogP) is 14.6. The van der Waals surface area contributed by atoms with E-state index in [0.717, 1.165) is 44.4 Å². The largest absolute Gasteiger partial charge is 0.453 e. The first-order chi connectivity index (χ1) is 25.3. The van der Waals surface area contributed by atoms with Gasteiger partial charge in [-0.15, -0.1) is 11.3 Å². The highest BCUT2D eigenvalue weighted by Gasteiger charge is 2.23. The number of fused-ring (bicyclic) bond motifs is 12. The van der Waals surface area contributed by atoms with E-state index in [2.05, 4.69) is 181 Å². The molecule has 0 aliphatic carbocycles. The Balaban J connectivity index is 1.19. The van der Waals surface area contributed by atoms with Crippen LogP contribution in [0.5, 0.6) is 0 Å². The zero-order valence-corrected chi connectivity index (χ0v) is 28.3. The van der Waals surface area contributed by atoms with Gasteiger partial charge >= 0.3 is 0 Å². The van der Waals surface area contributed by atoms with E-state index in [9.17, 15) is 0 Å². The lowest BCUT2D eigenvalue weighted by molar-refractivity contribution is 0.673. The fraction of sp³-hybridized carbons (Fsp3) is 0. The average Bonchev–Trinajstić information content (AvgIpc) is 3.77. The number of rotatable bonds is 4. The second-order valence-electron chi connectivity index (χ2n) is 13.3. The summed E-state index contributed by atoms with van der Waals surface area (Å²) in [5, 5.41) is 12.1. The number of para-hydroxylation sites is 1. The van der Waals surface area contributed by atoms with Crippen LogP contribution in [0, 0.1) is 0 Å². The van der Waals surface area contributed by atoms with Gasteiger partial charge in [0.1, 0.15) is 5.58 Å². The molecule has 3 heteroatoms. The van der Waals surface area contributed by atoms with E-state index in [0.29, 0.717) is 0 Å². The zero-order valence-electron chi connectivity index (χ0n) is 27.5. The van der Waals surface area contributed by atoms with Gasteiger partial charge in [0.2, 0.25) is 0 Å². The van der Waals surface area contributed by atoms with Crippen LogP contribution in [0.1, 0.15) is 0 Å². The van der Waals surface area contributed by atoms with Gasteiger partial charge in [0.25, 0.3) is 0 Å². The van der Waals surface area contributed by atoms with E-state index < -0.39 is 0 Å². The van der Waals surface area contributed by atoms with Gasteiger partial charge < -0.3 is 9.32 Å². The van der Waals surface area contributed by atoms with Crippen molar-refractivity contribution in [3.8, 4) is 11.1 Å². The molecule has 0 saturated heterocycles. The van der Waals surface area contributed by atoms with Crippen molar-refractivity contribution in [2.75, 3.05) is 4.90 Å². The number of furan rings is 1. The summed E-state index contributed by atoms with van der Waals surface area (Å²) >= 11 is 1.86. The number of anilines is 3. The summed E-state index contributed by atoms with van der Waals surface area (Å²) in [6.45, 7) is 0. The molecule has 238 valence electrons. The van der Waals surface area contributed by atoms with Gasteiger partial charge in [-0.3, -0.25) is 0 Å². The summed E-state index contributed by atoms with van der Waals surface area (Å²) in [4.78, 5) is 2.37. The molecule has 0 unspecified atom stereocenters. The van der Waals surface area contributed by atoms with Crippen molar-refractivity contribution >= 4 is 103 Å². The zero-order chi connectivity index (χ0) is 33.5. The molecule has 51 heavy (non-hydrogen) atoms. The molecule has 2 aromatic heterocycles. The quantitative estimate of drug-likeness (QED) is 0.174. The van der Waals surface area contributed by atoms with Crippen molar-refractivity contribution in [1.82, 2.24) is 0 Å². The summed E-state index contributed by atoms with van der Waals surface area (Å²) in [6, 6.07) is 63.6. The first-order valence-electron chi connectivity index (χ1n) is 17.3. The molecule has 0 N–H and O–H groups in total. The van der Waals surface area contributed by atoms with Crippen molar-refractivity contribution in [1.29, 1.82) is 0 Å². The van der Waals surface area contributed by atoms with E-state index >= 15 is 0 Å². The van der Waals surface area contributed by atoms with E-state index in [-0.39, 0.29) is 0 Å². The van der Waals surface area contributed by atoms with Gasteiger partial charge in [0, 0.05) is 47.7 Å². The Hall–Kier alpha value is -6.42. The molecule has 0 aliphatic rings. The Kier molecular flexibility index (Phi) is 6.16. The van der Waals surface area contributed by atoms with Crippen molar-refractivity contribution in [3.63, 3.8) is 0 Å². The van der Waals surface area contributed by atoms with Crippen LogP contribution in [0.25, 0.3) is 85.6 Å². The van der Waals surface area contributed by atoms with Gasteiger partial charge in [0.15, 0.2) is 5.58 Å². The molecule has 0 spiro atoms. The molecule has 0 atom stereocenters. The van der Waals surface area contributed by atoms with E-state index in [1.165, 1.54) is 58.2 Å². The van der Waals surface area contributed by atoms with Crippen LogP contribution in [0.15, 0.2) is 180 Å². The fourth-order valence-electron chi connectivity index (χ4n) is 8.04. The number of hydrogen-bond acceptors (Lipinski definition) is 3. The summed E-state index contributed by atoms with van der Waals surface area (Å²) < 4.78 is 9.66. The Bertz CT molecular complexity index is 3140. The molecular formula is C48H29NOS. The maximum absolute atomic E-state index is 7.07. The van der Waals surface area contributed by atoms with Crippen LogP contribution in [0.2, 0.25) is 0 Å². The Morgan fingerprint density at radius 2 is 0.980 bits per heavy atom. The lowest BCUT2D eigenvalue weighted by atomic mass is 9.97. The number of hydrogen-bond donors (Lipinski definition) is 0. The van der Waals surface area contributed by atoms with Crippen molar-refractivity contribution in [3.05, 3.63) is 176 Å². The molecule has 0 bridgehead atoms.